The first-order chi connectivity index (χ1) is 20.2. The van der Waals surface area contributed by atoms with E-state index in [9.17, 15) is 24.9 Å². The summed E-state index contributed by atoms with van der Waals surface area (Å²) in [5.74, 6) is -2.24. The van der Waals surface area contributed by atoms with Crippen LogP contribution >= 0.6 is 0 Å². The fraction of sp³-hybridized carbons (Fsp3) is 0.636. The second kappa shape index (κ2) is 10.2. The summed E-state index contributed by atoms with van der Waals surface area (Å²) in [5.41, 5.74) is -4.10. The van der Waals surface area contributed by atoms with Gasteiger partial charge in [0.2, 0.25) is 0 Å². The SMILES string of the molecule is C=CC1O[C@@H]2C3=C(C)[C@@H](O)CC[C@@](O)([C@@H](OC(=O)c4ccccc4)[C@@H]4[C@]5(OC(C)=O)CO[C@@H]5C[C@H](O)[C@@]4(C)[C@@H]2O1)C3(C)C. The van der Waals surface area contributed by atoms with Gasteiger partial charge in [0.15, 0.2) is 11.9 Å². The topological polar surface area (TPSA) is 141 Å². The van der Waals surface area contributed by atoms with Crippen molar-refractivity contribution >= 4 is 11.9 Å². The van der Waals surface area contributed by atoms with Crippen LogP contribution in [-0.4, -0.2) is 88.0 Å². The molecule has 10 nitrogen and oxygen atoms in total. The van der Waals surface area contributed by atoms with E-state index in [1.54, 1.807) is 30.3 Å². The molecule has 10 heteroatoms. The number of rotatable bonds is 4. The summed E-state index contributed by atoms with van der Waals surface area (Å²) >= 11 is 0. The predicted molar refractivity (Wildman–Crippen MR) is 153 cm³/mol. The Balaban J connectivity index is 1.66. The van der Waals surface area contributed by atoms with Crippen LogP contribution in [0, 0.1) is 16.7 Å². The molecule has 2 bridgehead atoms. The van der Waals surface area contributed by atoms with Gasteiger partial charge in [0.25, 0.3) is 0 Å². The minimum atomic E-state index is -1.82. The van der Waals surface area contributed by atoms with Gasteiger partial charge in [-0.2, -0.15) is 0 Å². The Morgan fingerprint density at radius 3 is 2.42 bits per heavy atom. The van der Waals surface area contributed by atoms with Gasteiger partial charge in [-0.15, -0.1) is 0 Å². The van der Waals surface area contributed by atoms with Crippen LogP contribution < -0.4 is 0 Å². The zero-order valence-electron chi connectivity index (χ0n) is 25.3. The molecule has 2 heterocycles. The number of ether oxygens (including phenoxy) is 5. The Labute approximate surface area is 251 Å². The van der Waals surface area contributed by atoms with Crippen molar-refractivity contribution < 1.29 is 48.6 Å². The highest BCUT2D eigenvalue weighted by molar-refractivity contribution is 5.89. The first kappa shape index (κ1) is 30.4. The standard InChI is InChI=1S/C33H42O10/c1-7-23-40-25-24-17(2)20(35)13-14-33(38,30(24,4)5)28(42-29(37)19-11-9-8-10-12-19)26-31(6,27(25)41-23)21(36)15-22-32(26,16-39-22)43-18(3)34/h7-12,20-23,25-28,35-36,38H,1,13-16H2,2-6H3/t20-,21-,22+,23?,25+,26-,27+,28-,31+,32-,33+/m0/s1. The van der Waals surface area contributed by atoms with E-state index < -0.39 is 82.8 Å². The van der Waals surface area contributed by atoms with Gasteiger partial charge in [-0.3, -0.25) is 4.79 Å². The largest absolute Gasteiger partial charge is 0.455 e. The van der Waals surface area contributed by atoms with Gasteiger partial charge in [0.1, 0.15) is 23.9 Å². The van der Waals surface area contributed by atoms with Crippen LogP contribution in [0.25, 0.3) is 0 Å². The minimum absolute atomic E-state index is 0.0202. The molecule has 0 radical (unpaired) electrons. The molecule has 234 valence electrons. The molecule has 6 rings (SSSR count). The van der Waals surface area contributed by atoms with Crippen molar-refractivity contribution in [3.8, 4) is 0 Å². The lowest BCUT2D eigenvalue weighted by molar-refractivity contribution is -0.360. The maximum atomic E-state index is 13.9. The number of hydrogen-bond acceptors (Lipinski definition) is 10. The minimum Gasteiger partial charge on any atom is -0.455 e. The number of esters is 2. The van der Waals surface area contributed by atoms with E-state index in [4.69, 9.17) is 23.7 Å². The molecule has 1 aromatic carbocycles. The lowest BCUT2D eigenvalue weighted by Gasteiger charge is -2.68. The van der Waals surface area contributed by atoms with Crippen LogP contribution in [0.5, 0.6) is 0 Å². The zero-order chi connectivity index (χ0) is 31.1. The van der Waals surface area contributed by atoms with Crippen LogP contribution in [0.2, 0.25) is 0 Å². The molecule has 1 unspecified atom stereocenters. The summed E-state index contributed by atoms with van der Waals surface area (Å²) in [7, 11) is 0. The summed E-state index contributed by atoms with van der Waals surface area (Å²) in [6.07, 6.45) is -4.72. The van der Waals surface area contributed by atoms with E-state index in [-0.39, 0.29) is 31.4 Å². The first-order valence-corrected chi connectivity index (χ1v) is 15.0. The molecule has 2 aliphatic heterocycles. The molecule has 2 saturated heterocycles. The summed E-state index contributed by atoms with van der Waals surface area (Å²) in [6.45, 7) is 12.5. The molecule has 1 aromatic rings. The molecule has 0 spiro atoms. The quantitative estimate of drug-likeness (QED) is 0.350. The van der Waals surface area contributed by atoms with Crippen LogP contribution in [0.1, 0.15) is 64.2 Å². The van der Waals surface area contributed by atoms with Crippen LogP contribution in [0.4, 0.5) is 0 Å². The van der Waals surface area contributed by atoms with Crippen LogP contribution in [-0.2, 0) is 28.5 Å². The molecule has 11 atom stereocenters. The van der Waals surface area contributed by atoms with E-state index in [2.05, 4.69) is 6.58 Å². The predicted octanol–water partition coefficient (Wildman–Crippen LogP) is 2.84. The Hall–Kier alpha value is -2.60. The summed E-state index contributed by atoms with van der Waals surface area (Å²) in [4.78, 5) is 26.6. The molecule has 4 fully saturated rings. The van der Waals surface area contributed by atoms with Crippen molar-refractivity contribution in [3.63, 3.8) is 0 Å². The van der Waals surface area contributed by atoms with Gasteiger partial charge < -0.3 is 39.0 Å². The lowest BCUT2D eigenvalue weighted by Crippen LogP contribution is -2.81. The Bertz CT molecular complexity index is 1340. The average molecular weight is 599 g/mol. The smallest absolute Gasteiger partial charge is 0.338 e. The summed E-state index contributed by atoms with van der Waals surface area (Å²) in [6, 6.07) is 8.46. The molecule has 0 amide bonds. The van der Waals surface area contributed by atoms with Gasteiger partial charge in [0, 0.05) is 24.2 Å². The summed E-state index contributed by atoms with van der Waals surface area (Å²) < 4.78 is 31.5. The number of aliphatic hydroxyl groups excluding tert-OH is 2. The van der Waals surface area contributed by atoms with Gasteiger partial charge in [0.05, 0.1) is 36.4 Å². The van der Waals surface area contributed by atoms with Crippen molar-refractivity contribution in [3.05, 3.63) is 59.7 Å². The van der Waals surface area contributed by atoms with Crippen LogP contribution in [0.3, 0.4) is 0 Å². The third-order valence-electron chi connectivity index (χ3n) is 11.2. The Morgan fingerprint density at radius 2 is 1.81 bits per heavy atom. The highest BCUT2D eigenvalue weighted by Crippen LogP contribution is 2.66. The number of carbonyl (C=O) groups is 2. The van der Waals surface area contributed by atoms with Crippen molar-refractivity contribution in [1.82, 2.24) is 0 Å². The van der Waals surface area contributed by atoms with Gasteiger partial charge in [-0.1, -0.05) is 45.5 Å². The van der Waals surface area contributed by atoms with Crippen molar-refractivity contribution in [1.29, 1.82) is 0 Å². The molecule has 0 aromatic heterocycles. The zero-order valence-corrected chi connectivity index (χ0v) is 25.3. The van der Waals surface area contributed by atoms with Crippen molar-refractivity contribution in [2.75, 3.05) is 6.61 Å². The highest BCUT2D eigenvalue weighted by atomic mass is 16.7. The fourth-order valence-electron chi connectivity index (χ4n) is 8.82. The van der Waals surface area contributed by atoms with Crippen molar-refractivity contribution in [2.24, 2.45) is 16.7 Å². The number of fused-ring (bicyclic) bond motifs is 8. The number of hydrogen-bond donors (Lipinski definition) is 3. The van der Waals surface area contributed by atoms with E-state index in [1.807, 2.05) is 27.7 Å². The number of carbonyl (C=O) groups excluding carboxylic acids is 2. The second-order valence-electron chi connectivity index (χ2n) is 13.6. The van der Waals surface area contributed by atoms with E-state index >= 15 is 0 Å². The van der Waals surface area contributed by atoms with Gasteiger partial charge in [-0.25, -0.2) is 4.79 Å². The average Bonchev–Trinajstić information content (AvgIpc) is 3.37. The Morgan fingerprint density at radius 1 is 1.12 bits per heavy atom. The van der Waals surface area contributed by atoms with Crippen molar-refractivity contribution in [2.45, 2.75) is 108 Å². The van der Waals surface area contributed by atoms with Crippen LogP contribution in [0.15, 0.2) is 54.1 Å². The van der Waals surface area contributed by atoms with Gasteiger partial charge >= 0.3 is 11.9 Å². The number of aliphatic hydroxyl groups is 3. The van der Waals surface area contributed by atoms with E-state index in [0.29, 0.717) is 11.1 Å². The maximum Gasteiger partial charge on any atom is 0.338 e. The maximum absolute atomic E-state index is 13.9. The fourth-order valence-corrected chi connectivity index (χ4v) is 8.82. The number of benzene rings is 1. The Kier molecular flexibility index (Phi) is 7.23. The normalized spacial score (nSPS) is 44.7. The molecule has 5 aliphatic rings. The molecule has 2 saturated carbocycles. The third kappa shape index (κ3) is 4.14. The third-order valence-corrected chi connectivity index (χ3v) is 11.2. The second-order valence-corrected chi connectivity index (χ2v) is 13.6. The van der Waals surface area contributed by atoms with E-state index in [0.717, 1.165) is 0 Å². The first-order valence-electron chi connectivity index (χ1n) is 15.0. The molecular formula is C33H42O10. The highest BCUT2D eigenvalue weighted by Gasteiger charge is 2.78. The molecule has 43 heavy (non-hydrogen) atoms. The molecular weight excluding hydrogens is 556 g/mol. The summed E-state index contributed by atoms with van der Waals surface area (Å²) in [5, 5.41) is 36.5. The molecule has 3 aliphatic carbocycles. The lowest BCUT2D eigenvalue weighted by atomic mass is 9.46. The van der Waals surface area contributed by atoms with E-state index in [1.165, 1.54) is 13.0 Å². The monoisotopic (exact) mass is 598 g/mol. The molecule has 3 N–H and O–H groups in total. The van der Waals surface area contributed by atoms with Gasteiger partial charge in [-0.05, 0) is 49.1 Å².